The lowest BCUT2D eigenvalue weighted by molar-refractivity contribution is -0.114. The first-order valence-corrected chi connectivity index (χ1v) is 6.20. The quantitative estimate of drug-likeness (QED) is 0.903. The van der Waals surface area contributed by atoms with Crippen molar-refractivity contribution in [2.45, 2.75) is 13.5 Å². The topological polar surface area (TPSA) is 41.1 Å². The molecule has 0 aliphatic carbocycles. The van der Waals surface area contributed by atoms with E-state index in [1.54, 1.807) is 0 Å². The second kappa shape index (κ2) is 6.30. The van der Waals surface area contributed by atoms with Gasteiger partial charge in [0.2, 0.25) is 5.91 Å². The number of hydrogen-bond donors (Lipinski definition) is 2. The Hall–Kier alpha value is -2.50. The van der Waals surface area contributed by atoms with Crippen molar-refractivity contribution in [2.24, 2.45) is 0 Å². The van der Waals surface area contributed by atoms with Crippen molar-refractivity contribution in [1.29, 1.82) is 0 Å². The molecule has 2 rings (SSSR count). The molecule has 0 saturated carbocycles. The minimum Gasteiger partial charge on any atom is -0.381 e. The van der Waals surface area contributed by atoms with Crippen molar-refractivity contribution in [1.82, 2.24) is 0 Å². The highest BCUT2D eigenvalue weighted by Crippen LogP contribution is 2.20. The molecule has 0 bridgehead atoms. The molecule has 0 atom stereocenters. The number of amides is 1. The van der Waals surface area contributed by atoms with E-state index in [9.17, 15) is 18.0 Å². The third-order valence-corrected chi connectivity index (χ3v) is 2.77. The second-order valence-electron chi connectivity index (χ2n) is 4.47. The molecule has 6 heteroatoms. The SMILES string of the molecule is CC(=O)Nc1cc(NCc2cc(F)ccc2F)ccc1F. The van der Waals surface area contributed by atoms with Gasteiger partial charge in [-0.05, 0) is 36.4 Å². The second-order valence-corrected chi connectivity index (χ2v) is 4.47. The number of halogens is 3. The zero-order valence-electron chi connectivity index (χ0n) is 11.2. The molecule has 0 saturated heterocycles. The van der Waals surface area contributed by atoms with E-state index in [4.69, 9.17) is 0 Å². The van der Waals surface area contributed by atoms with Crippen LogP contribution in [0.3, 0.4) is 0 Å². The van der Waals surface area contributed by atoms with Crippen molar-refractivity contribution in [3.63, 3.8) is 0 Å². The molecule has 1 amide bonds. The predicted molar refractivity (Wildman–Crippen MR) is 74.4 cm³/mol. The maximum absolute atomic E-state index is 13.5. The van der Waals surface area contributed by atoms with Gasteiger partial charge in [-0.25, -0.2) is 13.2 Å². The normalized spacial score (nSPS) is 10.3. The van der Waals surface area contributed by atoms with E-state index in [0.29, 0.717) is 5.69 Å². The Labute approximate surface area is 119 Å². The number of carbonyl (C=O) groups is 1. The summed E-state index contributed by atoms with van der Waals surface area (Å²) in [4.78, 5) is 10.9. The lowest BCUT2D eigenvalue weighted by Crippen LogP contribution is -2.08. The summed E-state index contributed by atoms with van der Waals surface area (Å²) in [6, 6.07) is 7.16. The zero-order chi connectivity index (χ0) is 15.4. The molecule has 110 valence electrons. The van der Waals surface area contributed by atoms with E-state index in [-0.39, 0.29) is 17.8 Å². The Balaban J connectivity index is 2.13. The van der Waals surface area contributed by atoms with Crippen molar-refractivity contribution >= 4 is 17.3 Å². The lowest BCUT2D eigenvalue weighted by Gasteiger charge is -2.10. The van der Waals surface area contributed by atoms with Gasteiger partial charge in [-0.15, -0.1) is 0 Å². The fraction of sp³-hybridized carbons (Fsp3) is 0.133. The Morgan fingerprint density at radius 2 is 1.76 bits per heavy atom. The minimum atomic E-state index is -0.576. The molecular weight excluding hydrogens is 281 g/mol. The molecule has 0 aliphatic rings. The van der Waals surface area contributed by atoms with Gasteiger partial charge in [-0.1, -0.05) is 0 Å². The maximum atomic E-state index is 13.5. The molecule has 0 fully saturated rings. The largest absolute Gasteiger partial charge is 0.381 e. The van der Waals surface area contributed by atoms with Crippen LogP contribution in [0.2, 0.25) is 0 Å². The molecule has 2 aromatic rings. The summed E-state index contributed by atoms with van der Waals surface area (Å²) in [6.45, 7) is 1.30. The third kappa shape index (κ3) is 3.98. The van der Waals surface area contributed by atoms with Gasteiger partial charge in [-0.3, -0.25) is 4.79 Å². The Bertz CT molecular complexity index is 674. The molecule has 2 N–H and O–H groups in total. The van der Waals surface area contributed by atoms with Crippen LogP contribution >= 0.6 is 0 Å². The van der Waals surface area contributed by atoms with Crippen molar-refractivity contribution in [3.8, 4) is 0 Å². The van der Waals surface area contributed by atoms with Crippen molar-refractivity contribution in [2.75, 3.05) is 10.6 Å². The fourth-order valence-corrected chi connectivity index (χ4v) is 1.80. The molecule has 2 aromatic carbocycles. The van der Waals surface area contributed by atoms with E-state index in [0.717, 1.165) is 18.2 Å². The number of rotatable bonds is 4. The minimum absolute atomic E-state index is 0.0206. The fourth-order valence-electron chi connectivity index (χ4n) is 1.80. The molecule has 0 aromatic heterocycles. The van der Waals surface area contributed by atoms with Crippen LogP contribution in [-0.4, -0.2) is 5.91 Å². The van der Waals surface area contributed by atoms with Crippen LogP contribution < -0.4 is 10.6 Å². The Kier molecular flexibility index (Phi) is 4.47. The highest BCUT2D eigenvalue weighted by atomic mass is 19.1. The van der Waals surface area contributed by atoms with Gasteiger partial charge in [0, 0.05) is 24.7 Å². The highest BCUT2D eigenvalue weighted by molar-refractivity contribution is 5.89. The van der Waals surface area contributed by atoms with Crippen LogP contribution in [0.25, 0.3) is 0 Å². The molecule has 0 radical (unpaired) electrons. The molecule has 21 heavy (non-hydrogen) atoms. The van der Waals surface area contributed by atoms with Crippen LogP contribution in [-0.2, 0) is 11.3 Å². The van der Waals surface area contributed by atoms with Crippen molar-refractivity contribution < 1.29 is 18.0 Å². The number of anilines is 2. The highest BCUT2D eigenvalue weighted by Gasteiger charge is 2.07. The maximum Gasteiger partial charge on any atom is 0.221 e. The molecule has 0 heterocycles. The van der Waals surface area contributed by atoms with Gasteiger partial charge in [0.15, 0.2) is 0 Å². The summed E-state index contributed by atoms with van der Waals surface area (Å²) in [5, 5.41) is 5.19. The van der Waals surface area contributed by atoms with Gasteiger partial charge in [0.1, 0.15) is 17.5 Å². The first-order chi connectivity index (χ1) is 9.95. The van der Waals surface area contributed by atoms with E-state index in [1.165, 1.54) is 25.1 Å². The lowest BCUT2D eigenvalue weighted by atomic mass is 10.2. The smallest absolute Gasteiger partial charge is 0.221 e. The Morgan fingerprint density at radius 3 is 2.48 bits per heavy atom. The summed E-state index contributed by atoms with van der Waals surface area (Å²) in [5.41, 5.74) is 0.649. The first-order valence-electron chi connectivity index (χ1n) is 6.20. The van der Waals surface area contributed by atoms with Gasteiger partial charge < -0.3 is 10.6 Å². The summed E-state index contributed by atoms with van der Waals surface area (Å²) < 4.78 is 40.0. The monoisotopic (exact) mass is 294 g/mol. The molecular formula is C15H13F3N2O. The third-order valence-electron chi connectivity index (χ3n) is 2.77. The molecule has 3 nitrogen and oxygen atoms in total. The Morgan fingerprint density at radius 1 is 1.05 bits per heavy atom. The number of nitrogens with one attached hydrogen (secondary N) is 2. The summed E-state index contributed by atoms with van der Waals surface area (Å²) >= 11 is 0. The average Bonchev–Trinajstić information content (AvgIpc) is 2.42. The number of hydrogen-bond acceptors (Lipinski definition) is 2. The summed E-state index contributed by atoms with van der Waals surface area (Å²) in [6.07, 6.45) is 0. The summed E-state index contributed by atoms with van der Waals surface area (Å²) in [7, 11) is 0. The van der Waals surface area contributed by atoms with Crippen LogP contribution in [0, 0.1) is 17.5 Å². The van der Waals surface area contributed by atoms with E-state index < -0.39 is 23.4 Å². The van der Waals surface area contributed by atoms with Crippen LogP contribution in [0.1, 0.15) is 12.5 Å². The number of benzene rings is 2. The van der Waals surface area contributed by atoms with Gasteiger partial charge >= 0.3 is 0 Å². The van der Waals surface area contributed by atoms with Gasteiger partial charge in [0.05, 0.1) is 5.69 Å². The molecule has 0 spiro atoms. The average molecular weight is 294 g/mol. The first kappa shape index (κ1) is 14.9. The van der Waals surface area contributed by atoms with E-state index in [2.05, 4.69) is 10.6 Å². The van der Waals surface area contributed by atoms with Crippen LogP contribution in [0.5, 0.6) is 0 Å². The molecule has 0 aliphatic heterocycles. The summed E-state index contributed by atoms with van der Waals surface area (Å²) in [5.74, 6) is -2.05. The van der Waals surface area contributed by atoms with Gasteiger partial charge in [0.25, 0.3) is 0 Å². The van der Waals surface area contributed by atoms with Crippen LogP contribution in [0.4, 0.5) is 24.5 Å². The van der Waals surface area contributed by atoms with Crippen molar-refractivity contribution in [3.05, 3.63) is 59.4 Å². The van der Waals surface area contributed by atoms with E-state index in [1.807, 2.05) is 0 Å². The predicted octanol–water partition coefficient (Wildman–Crippen LogP) is 3.67. The van der Waals surface area contributed by atoms with E-state index >= 15 is 0 Å². The van der Waals surface area contributed by atoms with Crippen LogP contribution in [0.15, 0.2) is 36.4 Å². The number of carbonyl (C=O) groups excluding carboxylic acids is 1. The standard InChI is InChI=1S/C15H13F3N2O/c1-9(21)20-15-7-12(3-5-14(15)18)19-8-10-6-11(16)2-4-13(10)17/h2-7,19H,8H2,1H3,(H,20,21). The molecule has 0 unspecified atom stereocenters. The zero-order valence-corrected chi connectivity index (χ0v) is 11.2. The van der Waals surface area contributed by atoms with Gasteiger partial charge in [-0.2, -0.15) is 0 Å².